The minimum atomic E-state index is -5.12. The monoisotopic (exact) mass is 964 g/mol. The average Bonchev–Trinajstić information content (AvgIpc) is 3.60. The number of aromatic nitrogens is 1. The molecule has 22 nitrogen and oxygen atoms in total. The number of benzene rings is 3. The molecule has 0 saturated carbocycles. The molecule has 4 amide bonds. The van der Waals surface area contributed by atoms with Crippen LogP contribution in [0.4, 0.5) is 14.7 Å². The molecule has 2 aliphatic rings. The summed E-state index contributed by atoms with van der Waals surface area (Å²) in [5.41, 5.74) is -1.49. The average molecular weight is 965 g/mol. The van der Waals surface area contributed by atoms with E-state index in [0.717, 1.165) is 11.3 Å². The lowest BCUT2D eigenvalue weighted by Gasteiger charge is -2.50. The van der Waals surface area contributed by atoms with Gasteiger partial charge >= 0.3 is 28.6 Å². The van der Waals surface area contributed by atoms with Crippen molar-refractivity contribution in [3.63, 3.8) is 0 Å². The first-order chi connectivity index (χ1) is 31.5. The Hall–Kier alpha value is -7.15. The molecule has 356 valence electrons. The first kappa shape index (κ1) is 49.3. The van der Waals surface area contributed by atoms with Gasteiger partial charge in [-0.3, -0.25) is 24.9 Å². The third-order valence-electron chi connectivity index (χ3n) is 9.98. The first-order valence-corrected chi connectivity index (χ1v) is 22.6. The maximum atomic E-state index is 14.3. The summed E-state index contributed by atoms with van der Waals surface area (Å²) in [6.45, 7) is 9.11. The fourth-order valence-electron chi connectivity index (χ4n) is 6.61. The number of hydrogen-bond donors (Lipinski definition) is 6. The number of carbonyl (C=O) groups excluding carboxylic acids is 4. The van der Waals surface area contributed by atoms with Crippen LogP contribution in [0, 0.1) is 12.3 Å². The molecule has 6 rings (SSSR count). The predicted octanol–water partition coefficient (Wildman–Crippen LogP) is 4.42. The number of oxime groups is 1. The zero-order valence-electron chi connectivity index (χ0n) is 36.9. The van der Waals surface area contributed by atoms with Crippen LogP contribution in [-0.4, -0.2) is 124 Å². The second-order valence-corrected chi connectivity index (χ2v) is 18.9. The molecule has 67 heavy (non-hydrogen) atoms. The Morgan fingerprint density at radius 1 is 0.970 bits per heavy atom. The molecule has 3 aromatic carbocycles. The second-order valence-electron chi connectivity index (χ2n) is 16.7. The highest BCUT2D eigenvalue weighted by Gasteiger charge is 2.58. The molecule has 2 atom stereocenters. The molecule has 6 N–H and O–H groups in total. The Kier molecular flexibility index (Phi) is 14.8. The van der Waals surface area contributed by atoms with Gasteiger partial charge in [0.15, 0.2) is 16.9 Å². The largest absolute Gasteiger partial charge is 0.489 e. The lowest BCUT2D eigenvalue weighted by Crippen LogP contribution is -2.76. The minimum absolute atomic E-state index is 0.0236. The van der Waals surface area contributed by atoms with Crippen LogP contribution in [0.25, 0.3) is 0 Å². The van der Waals surface area contributed by atoms with Crippen molar-refractivity contribution in [2.45, 2.75) is 77.0 Å². The number of β-lactam (4-membered cyclic amide) rings is 1. The predicted molar refractivity (Wildman–Crippen MR) is 240 cm³/mol. The molecule has 2 aliphatic heterocycles. The van der Waals surface area contributed by atoms with E-state index in [-0.39, 0.29) is 41.5 Å². The fraction of sp³-hybridized carbons (Fsp3) is 0.349. The van der Waals surface area contributed by atoms with E-state index in [1.165, 1.54) is 30.9 Å². The Balaban J connectivity index is 1.31. The molecule has 0 aliphatic carbocycles. The zero-order chi connectivity index (χ0) is 48.8. The summed E-state index contributed by atoms with van der Waals surface area (Å²) in [5, 5.41) is 30.0. The number of amidine groups is 1. The number of amides is 4. The number of hydrogen-bond acceptors (Lipinski definition) is 16. The van der Waals surface area contributed by atoms with Gasteiger partial charge in [-0.05, 0) is 76.9 Å². The lowest BCUT2D eigenvalue weighted by molar-refractivity contribution is -0.218. The standard InChI is InChI=1S/C43H48N8O14S2/c1-24-31(46-39(66-24)48-40(55)63-42(2,3)4)32(36(52)47-34-37(53)51(43(34,5)6)65-67(58,59)60)49-64-30(38(54)62-33(25-13-9-7-10-14-25)26-15-11-8-12-16-26)23-61-29-19-17-27(18-20-29)35(44)45-28-21-50(22-28)41(56)57/h7-20,28,30,33-34H,21-23H2,1-6H3,(H2,44,45)(H,47,52)(H,56,57)(H,46,48,55)(H,58,59,60)/b49-32-/t30?,34-/m1/s1. The first-order valence-electron chi connectivity index (χ1n) is 20.4. The summed E-state index contributed by atoms with van der Waals surface area (Å²) < 4.78 is 54.0. The summed E-state index contributed by atoms with van der Waals surface area (Å²) in [5.74, 6) is -2.87. The number of ether oxygens (including phenoxy) is 3. The molecule has 0 spiro atoms. The molecular formula is C43H48N8O14S2. The molecule has 4 aromatic rings. The molecule has 2 saturated heterocycles. The van der Waals surface area contributed by atoms with E-state index in [4.69, 9.17) is 29.6 Å². The van der Waals surface area contributed by atoms with E-state index < -0.39 is 82.1 Å². The molecule has 1 aromatic heterocycles. The van der Waals surface area contributed by atoms with Crippen LogP contribution in [0.2, 0.25) is 0 Å². The van der Waals surface area contributed by atoms with E-state index in [2.05, 4.69) is 30.4 Å². The number of nitrogens with one attached hydrogen (secondary N) is 4. The van der Waals surface area contributed by atoms with Crippen molar-refractivity contribution in [3.05, 3.63) is 112 Å². The summed E-state index contributed by atoms with van der Waals surface area (Å²) in [7, 11) is -5.12. The number of hydroxylamine groups is 2. The third kappa shape index (κ3) is 12.6. The normalized spacial score (nSPS) is 16.5. The fourth-order valence-corrected chi connectivity index (χ4v) is 7.86. The molecule has 3 heterocycles. The van der Waals surface area contributed by atoms with Crippen LogP contribution in [0.15, 0.2) is 90.1 Å². The number of anilines is 1. The van der Waals surface area contributed by atoms with E-state index in [9.17, 15) is 36.9 Å². The Morgan fingerprint density at radius 2 is 1.57 bits per heavy atom. The van der Waals surface area contributed by atoms with Crippen molar-refractivity contribution in [1.29, 1.82) is 5.41 Å². The van der Waals surface area contributed by atoms with Gasteiger partial charge in [0.1, 0.15) is 35.5 Å². The number of aryl methyl sites for hydroxylation is 1. The van der Waals surface area contributed by atoms with Gasteiger partial charge in [-0.2, -0.15) is 13.5 Å². The SMILES string of the molecule is Cc1sc(NC(=O)OC(C)(C)C)nc1/C(=N/OC(COc1ccc(C(=N)NC2CN(C(=O)O)C2)cc1)C(=O)OC(c1ccccc1)c1ccccc1)C(=O)N[C@@H]1C(=O)N(OS(=O)(=O)O)C1(C)C. The van der Waals surface area contributed by atoms with E-state index in [1.807, 2.05) is 0 Å². The maximum Gasteiger partial charge on any atom is 0.418 e. The number of thiazole rings is 1. The van der Waals surface area contributed by atoms with Gasteiger partial charge in [0, 0.05) is 23.5 Å². The van der Waals surface area contributed by atoms with Crippen LogP contribution in [0.1, 0.15) is 68.0 Å². The molecular weight excluding hydrogens is 917 g/mol. The van der Waals surface area contributed by atoms with Crippen LogP contribution in [0.5, 0.6) is 5.75 Å². The van der Waals surface area contributed by atoms with Crippen molar-refractivity contribution >= 4 is 68.4 Å². The molecule has 2 fully saturated rings. The maximum absolute atomic E-state index is 14.3. The van der Waals surface area contributed by atoms with Gasteiger partial charge in [0.05, 0.1) is 11.6 Å². The number of nitrogens with zero attached hydrogens (tertiary/aromatic N) is 4. The van der Waals surface area contributed by atoms with Crippen LogP contribution >= 0.6 is 11.3 Å². The second kappa shape index (κ2) is 20.2. The van der Waals surface area contributed by atoms with Crippen LogP contribution in [-0.2, 0) is 43.4 Å². The number of likely N-dealkylation sites (tertiary alicyclic amines) is 1. The molecule has 1 unspecified atom stereocenters. The van der Waals surface area contributed by atoms with Gasteiger partial charge in [-0.25, -0.2) is 19.4 Å². The third-order valence-corrected chi connectivity index (χ3v) is 11.2. The van der Waals surface area contributed by atoms with Crippen molar-refractivity contribution in [2.24, 2.45) is 5.16 Å². The van der Waals surface area contributed by atoms with Crippen LogP contribution in [0.3, 0.4) is 0 Å². The van der Waals surface area contributed by atoms with Crippen molar-refractivity contribution in [2.75, 3.05) is 25.0 Å². The Morgan fingerprint density at radius 3 is 2.10 bits per heavy atom. The molecule has 24 heteroatoms. The van der Waals surface area contributed by atoms with E-state index in [1.54, 1.807) is 100 Å². The highest BCUT2D eigenvalue weighted by atomic mass is 32.3. The van der Waals surface area contributed by atoms with E-state index in [0.29, 0.717) is 26.6 Å². The Labute approximate surface area is 388 Å². The topological polar surface area (TPSA) is 298 Å². The van der Waals surface area contributed by atoms with Gasteiger partial charge in [0.25, 0.3) is 17.9 Å². The Bertz CT molecular complexity index is 2590. The highest BCUT2D eigenvalue weighted by molar-refractivity contribution is 7.80. The smallest absolute Gasteiger partial charge is 0.418 e. The lowest BCUT2D eigenvalue weighted by atomic mass is 9.84. The van der Waals surface area contributed by atoms with E-state index >= 15 is 0 Å². The summed E-state index contributed by atoms with van der Waals surface area (Å²) >= 11 is 0.933. The number of rotatable bonds is 17. The van der Waals surface area contributed by atoms with Crippen molar-refractivity contribution in [3.8, 4) is 5.75 Å². The van der Waals surface area contributed by atoms with Crippen molar-refractivity contribution in [1.82, 2.24) is 25.6 Å². The summed E-state index contributed by atoms with van der Waals surface area (Å²) in [6.07, 6.45) is -4.57. The number of esters is 1. The molecule has 0 radical (unpaired) electrons. The number of carboxylic acid groups (broad SMARTS) is 1. The van der Waals surface area contributed by atoms with Gasteiger partial charge < -0.3 is 39.7 Å². The van der Waals surface area contributed by atoms with Gasteiger partial charge in [-0.15, -0.1) is 15.6 Å². The minimum Gasteiger partial charge on any atom is -0.489 e. The van der Waals surface area contributed by atoms with Gasteiger partial charge in [0.2, 0.25) is 0 Å². The molecule has 0 bridgehead atoms. The van der Waals surface area contributed by atoms with Crippen molar-refractivity contribution < 1.29 is 65.4 Å². The summed E-state index contributed by atoms with van der Waals surface area (Å²) in [6, 6.07) is 22.2. The zero-order valence-corrected chi connectivity index (χ0v) is 38.5. The van der Waals surface area contributed by atoms with Gasteiger partial charge in [-0.1, -0.05) is 65.8 Å². The quantitative estimate of drug-likeness (QED) is 0.0213. The highest BCUT2D eigenvalue weighted by Crippen LogP contribution is 2.33. The summed E-state index contributed by atoms with van der Waals surface area (Å²) in [4.78, 5) is 77.2. The van der Waals surface area contributed by atoms with Crippen LogP contribution < -0.4 is 20.7 Å². The number of carbonyl (C=O) groups is 5.